The van der Waals surface area contributed by atoms with Crippen molar-refractivity contribution in [1.82, 2.24) is 0 Å². The van der Waals surface area contributed by atoms with E-state index in [2.05, 4.69) is 0 Å². The number of benzene rings is 1. The summed E-state index contributed by atoms with van der Waals surface area (Å²) in [6.45, 7) is 0. The van der Waals surface area contributed by atoms with Crippen molar-refractivity contribution in [2.24, 2.45) is 0 Å². The van der Waals surface area contributed by atoms with Gasteiger partial charge in [-0.05, 0) is 18.2 Å². The Balaban J connectivity index is 0. The minimum atomic E-state index is -4.65. The molecule has 0 saturated heterocycles. The molecule has 1 aromatic carbocycles. The Morgan fingerprint density at radius 1 is 0.833 bits per heavy atom. The van der Waals surface area contributed by atoms with Gasteiger partial charge in [-0.1, -0.05) is 0 Å². The van der Waals surface area contributed by atoms with Crippen molar-refractivity contribution in [2.45, 2.75) is 9.79 Å². The van der Waals surface area contributed by atoms with Crippen molar-refractivity contribution in [1.29, 1.82) is 0 Å². The van der Waals surface area contributed by atoms with E-state index in [0.717, 1.165) is 12.1 Å². The normalized spacial score (nSPS) is 11.0. The van der Waals surface area contributed by atoms with Crippen molar-refractivity contribution < 1.29 is 30.7 Å². The monoisotopic (exact) mass is 312 g/mol. The first-order chi connectivity index (χ1) is 7.14. The number of hydrogen-bond acceptors (Lipinski definition) is 5. The molecule has 18 heavy (non-hydrogen) atoms. The first kappa shape index (κ1) is 21.0. The van der Waals surface area contributed by atoms with Crippen LogP contribution in [-0.4, -0.2) is 91.3 Å². The molecule has 0 aliphatic rings. The van der Waals surface area contributed by atoms with Crippen LogP contribution in [0, 0.1) is 0 Å². The smallest absolute Gasteiger partial charge is 0.294 e. The van der Waals surface area contributed by atoms with E-state index in [4.69, 9.17) is 9.11 Å². The van der Waals surface area contributed by atoms with E-state index in [0.29, 0.717) is 6.07 Å². The van der Waals surface area contributed by atoms with Gasteiger partial charge in [0.1, 0.15) is 6.29 Å². The Hall–Kier alpha value is 0.710. The second kappa shape index (κ2) is 7.48. The topological polar surface area (TPSA) is 126 Å². The van der Waals surface area contributed by atoms with E-state index >= 15 is 0 Å². The molecule has 7 nitrogen and oxygen atoms in total. The Morgan fingerprint density at radius 3 is 1.39 bits per heavy atom. The number of aldehydes is 1. The van der Waals surface area contributed by atoms with Gasteiger partial charge >= 0.3 is 0 Å². The number of carbonyl (C=O) groups is 1. The molecule has 2 N–H and O–H groups in total. The number of hydrogen-bond donors (Lipinski definition) is 2. The first-order valence-corrected chi connectivity index (χ1v) is 6.58. The molecule has 90 valence electrons. The summed E-state index contributed by atoms with van der Waals surface area (Å²) in [6, 6.07) is 2.09. The van der Waals surface area contributed by atoms with Crippen LogP contribution in [-0.2, 0) is 20.2 Å². The summed E-state index contributed by atoms with van der Waals surface area (Å²) in [5.74, 6) is 0. The minimum absolute atomic E-state index is 0. The van der Waals surface area contributed by atoms with Gasteiger partial charge in [0.15, 0.2) is 0 Å². The molecule has 0 fully saturated rings. The van der Waals surface area contributed by atoms with Gasteiger partial charge in [-0.25, -0.2) is 0 Å². The van der Waals surface area contributed by atoms with Gasteiger partial charge in [0.2, 0.25) is 0 Å². The maximum atomic E-state index is 10.7. The second-order valence-corrected chi connectivity index (χ2v) is 5.65. The SMILES string of the molecule is O=Cc1cc(S(=O)(=O)O)cc(S(=O)(=O)O)c1.[Na].[Na]. The molecule has 0 amide bonds. The van der Waals surface area contributed by atoms with Crippen LogP contribution in [0.25, 0.3) is 0 Å². The Kier molecular flexibility index (Phi) is 8.73. The van der Waals surface area contributed by atoms with Gasteiger partial charge in [-0.2, -0.15) is 16.8 Å². The van der Waals surface area contributed by atoms with Gasteiger partial charge in [0.05, 0.1) is 9.79 Å². The van der Waals surface area contributed by atoms with Crippen LogP contribution in [0.15, 0.2) is 28.0 Å². The maximum Gasteiger partial charge on any atom is 0.294 e. The Bertz CT molecular complexity index is 586. The van der Waals surface area contributed by atoms with Crippen LogP contribution in [0.2, 0.25) is 0 Å². The van der Waals surface area contributed by atoms with Crippen LogP contribution in [0.4, 0.5) is 0 Å². The fraction of sp³-hybridized carbons (Fsp3) is 0. The molecule has 0 bridgehead atoms. The number of rotatable bonds is 3. The Labute approximate surface area is 148 Å². The van der Waals surface area contributed by atoms with Gasteiger partial charge in [-0.15, -0.1) is 0 Å². The van der Waals surface area contributed by atoms with E-state index in [1.165, 1.54) is 0 Å². The molecule has 0 heterocycles. The summed E-state index contributed by atoms with van der Waals surface area (Å²) in [7, 11) is -9.31. The summed E-state index contributed by atoms with van der Waals surface area (Å²) in [4.78, 5) is 8.84. The van der Waals surface area contributed by atoms with Gasteiger partial charge in [-0.3, -0.25) is 13.9 Å². The van der Waals surface area contributed by atoms with E-state index in [1.54, 1.807) is 0 Å². The molecule has 0 unspecified atom stereocenters. The molecular formula is C7H6Na2O7S2. The van der Waals surface area contributed by atoms with E-state index < -0.39 is 30.0 Å². The Morgan fingerprint density at radius 2 is 1.17 bits per heavy atom. The molecule has 0 aromatic heterocycles. The summed E-state index contributed by atoms with van der Waals surface area (Å²) in [6.07, 6.45) is 0.184. The van der Waals surface area contributed by atoms with Crippen molar-refractivity contribution in [2.75, 3.05) is 0 Å². The zero-order valence-electron chi connectivity index (χ0n) is 9.56. The standard InChI is InChI=1S/C7H6O7S2.2Na/c8-4-5-1-6(15(9,10)11)3-7(2-5)16(12,13)14;;/h1-4H,(H,9,10,11)(H,12,13,14);;. The molecule has 0 aliphatic heterocycles. The average Bonchev–Trinajstić information content (AvgIpc) is 2.14. The number of carbonyl (C=O) groups excluding carboxylic acids is 1. The predicted octanol–water partition coefficient (Wildman–Crippen LogP) is -0.769. The predicted molar refractivity (Wildman–Crippen MR) is 63.0 cm³/mol. The van der Waals surface area contributed by atoms with Crippen molar-refractivity contribution in [3.63, 3.8) is 0 Å². The van der Waals surface area contributed by atoms with Gasteiger partial charge in [0.25, 0.3) is 20.2 Å². The average molecular weight is 312 g/mol. The van der Waals surface area contributed by atoms with Crippen molar-refractivity contribution in [3.8, 4) is 0 Å². The largest absolute Gasteiger partial charge is 0.298 e. The van der Waals surface area contributed by atoms with Crippen molar-refractivity contribution >= 4 is 85.6 Å². The van der Waals surface area contributed by atoms with E-state index in [1.807, 2.05) is 0 Å². The molecule has 0 aliphatic carbocycles. The summed E-state index contributed by atoms with van der Waals surface area (Å²) in [5, 5.41) is 0. The fourth-order valence-corrected chi connectivity index (χ4v) is 2.16. The van der Waals surface area contributed by atoms with E-state index in [-0.39, 0.29) is 71.0 Å². The quantitative estimate of drug-likeness (QED) is 0.426. The van der Waals surface area contributed by atoms with Crippen molar-refractivity contribution in [3.05, 3.63) is 23.8 Å². The maximum absolute atomic E-state index is 10.7. The minimum Gasteiger partial charge on any atom is -0.298 e. The molecular weight excluding hydrogens is 306 g/mol. The summed E-state index contributed by atoms with van der Waals surface area (Å²) < 4.78 is 60.3. The third kappa shape index (κ3) is 5.78. The van der Waals surface area contributed by atoms with Crippen LogP contribution in [0.3, 0.4) is 0 Å². The van der Waals surface area contributed by atoms with Crippen LogP contribution in [0.1, 0.15) is 10.4 Å². The zero-order valence-corrected chi connectivity index (χ0v) is 15.2. The molecule has 1 rings (SSSR count). The van der Waals surface area contributed by atoms with Crippen LogP contribution < -0.4 is 0 Å². The molecule has 1 aromatic rings. The summed E-state index contributed by atoms with van der Waals surface area (Å²) >= 11 is 0. The second-order valence-electron chi connectivity index (χ2n) is 2.81. The molecule has 2 radical (unpaired) electrons. The van der Waals surface area contributed by atoms with E-state index in [9.17, 15) is 21.6 Å². The van der Waals surface area contributed by atoms with Crippen LogP contribution >= 0.6 is 0 Å². The zero-order chi connectivity index (χ0) is 12.6. The summed E-state index contributed by atoms with van der Waals surface area (Å²) in [5.41, 5.74) is -0.303. The third-order valence-corrected chi connectivity index (χ3v) is 3.30. The third-order valence-electron chi connectivity index (χ3n) is 1.63. The molecule has 11 heteroatoms. The fourth-order valence-electron chi connectivity index (χ4n) is 0.960. The van der Waals surface area contributed by atoms with Gasteiger partial charge < -0.3 is 0 Å². The molecule has 0 atom stereocenters. The van der Waals surface area contributed by atoms with Gasteiger partial charge in [0, 0.05) is 64.7 Å². The molecule has 0 spiro atoms. The first-order valence-electron chi connectivity index (χ1n) is 3.70. The van der Waals surface area contributed by atoms with Crippen LogP contribution in [0.5, 0.6) is 0 Å². The molecule has 0 saturated carbocycles.